The van der Waals surface area contributed by atoms with Crippen molar-refractivity contribution in [3.63, 3.8) is 0 Å². The monoisotopic (exact) mass is 430 g/mol. The number of carbonyl (C=O) groups is 1. The molecular weight excluding hydrogens is 400 g/mol. The van der Waals surface area contributed by atoms with Crippen LogP contribution < -0.4 is 4.90 Å². The Kier molecular flexibility index (Phi) is 4.77. The minimum atomic E-state index is -0.467. The maximum absolute atomic E-state index is 12.4. The lowest BCUT2D eigenvalue weighted by atomic mass is 10.0. The summed E-state index contributed by atoms with van der Waals surface area (Å²) in [6.45, 7) is 10.8. The van der Waals surface area contributed by atoms with Gasteiger partial charge in [-0.3, -0.25) is 4.98 Å². The van der Waals surface area contributed by atoms with Crippen molar-refractivity contribution in [1.29, 1.82) is 0 Å². The molecule has 2 aromatic carbocycles. The lowest BCUT2D eigenvalue weighted by molar-refractivity contribution is 0.0240. The predicted octanol–water partition coefficient (Wildman–Crippen LogP) is 5.25. The first-order valence-electron chi connectivity index (χ1n) is 11.2. The molecule has 1 aliphatic rings. The van der Waals surface area contributed by atoms with E-state index in [0.717, 1.165) is 13.1 Å². The number of rotatable bonds is 1. The Morgan fingerprint density at radius 3 is 2.47 bits per heavy atom. The van der Waals surface area contributed by atoms with Crippen LogP contribution in [0.5, 0.6) is 0 Å². The second-order valence-electron chi connectivity index (χ2n) is 9.71. The SMILES string of the molecule is Cc1c2ccncc2cc2c3cc(N4CCN(C(=O)OC(C)(C)C)CC4)ccc3n(C)c12. The molecule has 6 nitrogen and oxygen atoms in total. The molecule has 5 rings (SSSR count). The number of amides is 1. The Labute approximate surface area is 188 Å². The standard InChI is InChI=1S/C26H30N4O2/c1-17-20-8-9-27-16-18(20)14-22-21-15-19(6-7-23(21)28(5)24(17)22)29-10-12-30(13-11-29)25(31)32-26(2,3)4/h6-9,14-16H,10-13H2,1-5H3. The number of hydrogen-bond acceptors (Lipinski definition) is 4. The van der Waals surface area contributed by atoms with Crippen molar-refractivity contribution in [1.82, 2.24) is 14.5 Å². The first kappa shape index (κ1) is 20.6. The molecule has 0 N–H and O–H groups in total. The van der Waals surface area contributed by atoms with Gasteiger partial charge in [0.05, 0.1) is 5.52 Å². The molecular formula is C26H30N4O2. The fourth-order valence-corrected chi connectivity index (χ4v) is 4.88. The van der Waals surface area contributed by atoms with Crippen LogP contribution in [0.4, 0.5) is 10.5 Å². The summed E-state index contributed by atoms with van der Waals surface area (Å²) < 4.78 is 7.83. The number of nitrogens with zero attached hydrogens (tertiary/aromatic N) is 4. The number of aromatic nitrogens is 2. The van der Waals surface area contributed by atoms with Gasteiger partial charge < -0.3 is 19.1 Å². The minimum Gasteiger partial charge on any atom is -0.444 e. The Morgan fingerprint density at radius 2 is 1.75 bits per heavy atom. The molecule has 0 spiro atoms. The predicted molar refractivity (Wildman–Crippen MR) is 130 cm³/mol. The molecule has 0 radical (unpaired) electrons. The largest absolute Gasteiger partial charge is 0.444 e. The molecule has 3 heterocycles. The van der Waals surface area contributed by atoms with Crippen molar-refractivity contribution < 1.29 is 9.53 Å². The molecule has 0 aliphatic carbocycles. The van der Waals surface area contributed by atoms with Crippen LogP contribution in [-0.2, 0) is 11.8 Å². The second-order valence-corrected chi connectivity index (χ2v) is 9.71. The molecule has 6 heteroatoms. The summed E-state index contributed by atoms with van der Waals surface area (Å²) in [6, 6.07) is 11.1. The van der Waals surface area contributed by atoms with Crippen LogP contribution >= 0.6 is 0 Å². The molecule has 0 atom stereocenters. The fourth-order valence-electron chi connectivity index (χ4n) is 4.88. The van der Waals surface area contributed by atoms with Gasteiger partial charge in [-0.2, -0.15) is 0 Å². The van der Waals surface area contributed by atoms with Gasteiger partial charge in [0.25, 0.3) is 0 Å². The first-order valence-corrected chi connectivity index (χ1v) is 11.2. The average molecular weight is 431 g/mol. The number of benzene rings is 2. The van der Waals surface area contributed by atoms with Crippen LogP contribution in [0.3, 0.4) is 0 Å². The van der Waals surface area contributed by atoms with E-state index in [9.17, 15) is 4.79 Å². The van der Waals surface area contributed by atoms with E-state index >= 15 is 0 Å². The van der Waals surface area contributed by atoms with Gasteiger partial charge in [0.15, 0.2) is 0 Å². The number of aryl methyl sites for hydroxylation is 2. The number of pyridine rings is 1. The van der Waals surface area contributed by atoms with Crippen LogP contribution in [-0.4, -0.2) is 52.3 Å². The maximum atomic E-state index is 12.4. The summed E-state index contributed by atoms with van der Waals surface area (Å²) in [5, 5.41) is 4.93. The zero-order valence-corrected chi connectivity index (χ0v) is 19.5. The van der Waals surface area contributed by atoms with Crippen LogP contribution in [0.2, 0.25) is 0 Å². The quantitative estimate of drug-likeness (QED) is 0.414. The number of carbonyl (C=O) groups excluding carboxylic acids is 1. The van der Waals surface area contributed by atoms with E-state index in [1.807, 2.05) is 33.2 Å². The third-order valence-corrected chi connectivity index (χ3v) is 6.43. The van der Waals surface area contributed by atoms with Gasteiger partial charge in [0.2, 0.25) is 0 Å². The Hall–Kier alpha value is -3.28. The number of hydrogen-bond donors (Lipinski definition) is 0. The second kappa shape index (κ2) is 7.40. The van der Waals surface area contributed by atoms with Gasteiger partial charge in [-0.25, -0.2) is 4.79 Å². The van der Waals surface area contributed by atoms with Crippen LogP contribution in [0.1, 0.15) is 26.3 Å². The van der Waals surface area contributed by atoms with E-state index in [2.05, 4.69) is 58.8 Å². The smallest absolute Gasteiger partial charge is 0.410 e. The highest BCUT2D eigenvalue weighted by Gasteiger charge is 2.26. The molecule has 2 aromatic heterocycles. The van der Waals surface area contributed by atoms with Gasteiger partial charge in [0.1, 0.15) is 5.60 Å². The molecule has 0 unspecified atom stereocenters. The molecule has 1 amide bonds. The van der Waals surface area contributed by atoms with Gasteiger partial charge in [-0.1, -0.05) is 0 Å². The van der Waals surface area contributed by atoms with Crippen LogP contribution in [0.15, 0.2) is 42.7 Å². The lowest BCUT2D eigenvalue weighted by Gasteiger charge is -2.36. The molecule has 0 bridgehead atoms. The molecule has 32 heavy (non-hydrogen) atoms. The van der Waals surface area contributed by atoms with Crippen molar-refractivity contribution in [3.05, 3.63) is 48.3 Å². The summed E-state index contributed by atoms with van der Waals surface area (Å²) in [5.41, 5.74) is 4.50. The van der Waals surface area contributed by atoms with Crippen molar-refractivity contribution in [3.8, 4) is 0 Å². The Balaban J connectivity index is 1.48. The molecule has 1 fully saturated rings. The normalized spacial score (nSPS) is 15.2. The maximum Gasteiger partial charge on any atom is 0.410 e. The highest BCUT2D eigenvalue weighted by molar-refractivity contribution is 6.15. The zero-order valence-electron chi connectivity index (χ0n) is 19.5. The van der Waals surface area contributed by atoms with E-state index < -0.39 is 5.60 Å². The summed E-state index contributed by atoms with van der Waals surface area (Å²) in [7, 11) is 2.14. The summed E-state index contributed by atoms with van der Waals surface area (Å²) >= 11 is 0. The Morgan fingerprint density at radius 1 is 1.00 bits per heavy atom. The Bertz CT molecular complexity index is 1340. The highest BCUT2D eigenvalue weighted by atomic mass is 16.6. The zero-order chi connectivity index (χ0) is 22.6. The van der Waals surface area contributed by atoms with E-state index in [0.29, 0.717) is 13.1 Å². The molecule has 166 valence electrons. The third-order valence-electron chi connectivity index (χ3n) is 6.43. The van der Waals surface area contributed by atoms with Crippen molar-refractivity contribution >= 4 is 44.4 Å². The summed E-state index contributed by atoms with van der Waals surface area (Å²) in [5.74, 6) is 0. The van der Waals surface area contributed by atoms with Gasteiger partial charge in [0, 0.05) is 73.0 Å². The number of ether oxygens (including phenoxy) is 1. The number of piperazine rings is 1. The van der Waals surface area contributed by atoms with Gasteiger partial charge >= 0.3 is 6.09 Å². The van der Waals surface area contributed by atoms with Crippen molar-refractivity contribution in [2.24, 2.45) is 7.05 Å². The summed E-state index contributed by atoms with van der Waals surface area (Å²) in [4.78, 5) is 20.9. The number of anilines is 1. The third kappa shape index (κ3) is 3.44. The van der Waals surface area contributed by atoms with E-state index in [4.69, 9.17) is 4.74 Å². The highest BCUT2D eigenvalue weighted by Crippen LogP contribution is 2.36. The van der Waals surface area contributed by atoms with Crippen molar-refractivity contribution in [2.45, 2.75) is 33.3 Å². The summed E-state index contributed by atoms with van der Waals surface area (Å²) in [6.07, 6.45) is 3.58. The number of fused-ring (bicyclic) bond motifs is 4. The molecule has 1 saturated heterocycles. The van der Waals surface area contributed by atoms with Gasteiger partial charge in [-0.15, -0.1) is 0 Å². The minimum absolute atomic E-state index is 0.224. The molecule has 1 aliphatic heterocycles. The van der Waals surface area contributed by atoms with Crippen LogP contribution in [0, 0.1) is 6.92 Å². The molecule has 0 saturated carbocycles. The van der Waals surface area contributed by atoms with Crippen LogP contribution in [0.25, 0.3) is 32.6 Å². The van der Waals surface area contributed by atoms with Crippen molar-refractivity contribution in [2.75, 3.05) is 31.1 Å². The fraction of sp³-hybridized carbons (Fsp3) is 0.385. The van der Waals surface area contributed by atoms with E-state index in [1.165, 1.54) is 43.8 Å². The average Bonchev–Trinajstić information content (AvgIpc) is 3.04. The van der Waals surface area contributed by atoms with Gasteiger partial charge in [-0.05, 0) is 69.0 Å². The van der Waals surface area contributed by atoms with E-state index in [-0.39, 0.29) is 6.09 Å². The molecule has 4 aromatic rings. The topological polar surface area (TPSA) is 50.6 Å². The first-order chi connectivity index (χ1) is 15.2. The lowest BCUT2D eigenvalue weighted by Crippen LogP contribution is -2.50. The van der Waals surface area contributed by atoms with E-state index in [1.54, 1.807) is 4.90 Å².